The lowest BCUT2D eigenvalue weighted by molar-refractivity contribution is -0.142. The summed E-state index contributed by atoms with van der Waals surface area (Å²) in [6.07, 6.45) is 5.23. The van der Waals surface area contributed by atoms with Gasteiger partial charge in [0.1, 0.15) is 23.8 Å². The first-order valence-electron chi connectivity index (χ1n) is 11.0. The number of hydrogen-bond donors (Lipinski definition) is 1. The molecule has 2 fully saturated rings. The van der Waals surface area contributed by atoms with Gasteiger partial charge in [0.05, 0.1) is 0 Å². The molecule has 6 heteroatoms. The Balaban J connectivity index is 1.20. The lowest BCUT2D eigenvalue weighted by atomic mass is 10.0. The maximum Gasteiger partial charge on any atom is 0.251 e. The average molecular weight is 418 g/mol. The predicted molar refractivity (Wildman–Crippen MR) is 121 cm³/mol. The second-order valence-electron chi connectivity index (χ2n) is 8.34. The minimum Gasteiger partial charge on any atom is -0.490 e. The van der Waals surface area contributed by atoms with Crippen molar-refractivity contribution in [3.63, 3.8) is 0 Å². The Morgan fingerprint density at radius 3 is 2.52 bits per heavy atom. The van der Waals surface area contributed by atoms with Crippen LogP contribution in [0.1, 0.15) is 25.7 Å². The standard InChI is InChI=1S/C25H27N3O3/c26-24-15-20-14-18(3-4-19(20)16-27-24)17-5-7-21(8-6-17)31-22-9-11-28(12-10-22)25(29)23-2-1-13-30-23/h3-8,14-16,22-23H,1-2,9-13H2,(H2,26,27). The van der Waals surface area contributed by atoms with Gasteiger partial charge in [0.15, 0.2) is 0 Å². The summed E-state index contributed by atoms with van der Waals surface area (Å²) in [5, 5.41) is 2.15. The SMILES string of the molecule is Nc1cc2cc(-c3ccc(OC4CCN(C(=O)C5CCCO5)CC4)cc3)ccc2cn1. The fraction of sp³-hybridized carbons (Fsp3) is 0.360. The number of piperidine rings is 1. The number of aromatic nitrogens is 1. The molecule has 1 amide bonds. The molecule has 0 bridgehead atoms. The molecule has 31 heavy (non-hydrogen) atoms. The zero-order valence-corrected chi connectivity index (χ0v) is 17.5. The van der Waals surface area contributed by atoms with Crippen molar-refractivity contribution in [1.82, 2.24) is 9.88 Å². The third kappa shape index (κ3) is 4.35. The summed E-state index contributed by atoms with van der Waals surface area (Å²) in [5.74, 6) is 1.53. The molecule has 0 radical (unpaired) electrons. The van der Waals surface area contributed by atoms with Crippen molar-refractivity contribution in [2.45, 2.75) is 37.9 Å². The highest BCUT2D eigenvalue weighted by molar-refractivity contribution is 5.88. The van der Waals surface area contributed by atoms with Gasteiger partial charge in [-0.1, -0.05) is 24.3 Å². The van der Waals surface area contributed by atoms with Gasteiger partial charge in [-0.2, -0.15) is 0 Å². The number of anilines is 1. The second-order valence-corrected chi connectivity index (χ2v) is 8.34. The van der Waals surface area contributed by atoms with Crippen LogP contribution >= 0.6 is 0 Å². The summed E-state index contributed by atoms with van der Waals surface area (Å²) in [5.41, 5.74) is 8.08. The van der Waals surface area contributed by atoms with E-state index in [9.17, 15) is 4.79 Å². The van der Waals surface area contributed by atoms with Gasteiger partial charge in [-0.05, 0) is 53.6 Å². The summed E-state index contributed by atoms with van der Waals surface area (Å²) in [6, 6.07) is 16.4. The summed E-state index contributed by atoms with van der Waals surface area (Å²) in [7, 11) is 0. The maximum absolute atomic E-state index is 12.5. The van der Waals surface area contributed by atoms with Crippen LogP contribution in [0.2, 0.25) is 0 Å². The molecule has 2 aliphatic rings. The molecule has 5 rings (SSSR count). The van der Waals surface area contributed by atoms with E-state index in [1.54, 1.807) is 6.20 Å². The van der Waals surface area contributed by atoms with Gasteiger partial charge < -0.3 is 20.1 Å². The quantitative estimate of drug-likeness (QED) is 0.693. The molecule has 0 spiro atoms. The van der Waals surface area contributed by atoms with E-state index in [0.717, 1.165) is 66.4 Å². The van der Waals surface area contributed by atoms with Gasteiger partial charge in [0.2, 0.25) is 0 Å². The third-order valence-corrected chi connectivity index (χ3v) is 6.19. The van der Waals surface area contributed by atoms with Crippen LogP contribution in [-0.2, 0) is 9.53 Å². The fourth-order valence-electron chi connectivity index (χ4n) is 4.43. The Kier molecular flexibility index (Phi) is 5.47. The third-order valence-electron chi connectivity index (χ3n) is 6.19. The predicted octanol–water partition coefficient (Wildman–Crippen LogP) is 4.03. The van der Waals surface area contributed by atoms with E-state index in [0.29, 0.717) is 12.4 Å². The Hall–Kier alpha value is -3.12. The van der Waals surface area contributed by atoms with Crippen molar-refractivity contribution in [3.05, 3.63) is 54.7 Å². The monoisotopic (exact) mass is 417 g/mol. The van der Waals surface area contributed by atoms with Gasteiger partial charge in [0, 0.05) is 44.1 Å². The molecule has 3 heterocycles. The molecular formula is C25H27N3O3. The number of carbonyl (C=O) groups is 1. The Bertz CT molecular complexity index is 1070. The van der Waals surface area contributed by atoms with Crippen LogP contribution < -0.4 is 10.5 Å². The van der Waals surface area contributed by atoms with E-state index in [-0.39, 0.29) is 18.1 Å². The smallest absolute Gasteiger partial charge is 0.251 e. The van der Waals surface area contributed by atoms with Crippen LogP contribution in [0.3, 0.4) is 0 Å². The molecule has 1 aromatic heterocycles. The first kappa shape index (κ1) is 19.8. The first-order chi connectivity index (χ1) is 15.2. The highest BCUT2D eigenvalue weighted by atomic mass is 16.5. The molecule has 2 aromatic carbocycles. The van der Waals surface area contributed by atoms with Crippen molar-refractivity contribution >= 4 is 22.5 Å². The fourth-order valence-corrected chi connectivity index (χ4v) is 4.43. The average Bonchev–Trinajstić information content (AvgIpc) is 3.34. The first-order valence-corrected chi connectivity index (χ1v) is 11.0. The number of fused-ring (bicyclic) bond motifs is 1. The number of nitrogens with zero attached hydrogens (tertiary/aromatic N) is 2. The second kappa shape index (κ2) is 8.55. The topological polar surface area (TPSA) is 77.7 Å². The molecule has 6 nitrogen and oxygen atoms in total. The van der Waals surface area contributed by atoms with Crippen LogP contribution in [0.5, 0.6) is 5.75 Å². The molecule has 0 saturated carbocycles. The number of rotatable bonds is 4. The van der Waals surface area contributed by atoms with Gasteiger partial charge in [-0.3, -0.25) is 4.79 Å². The number of ether oxygens (including phenoxy) is 2. The highest BCUT2D eigenvalue weighted by Gasteiger charge is 2.31. The maximum atomic E-state index is 12.5. The van der Waals surface area contributed by atoms with E-state index in [4.69, 9.17) is 15.2 Å². The van der Waals surface area contributed by atoms with E-state index in [2.05, 4.69) is 35.3 Å². The minimum atomic E-state index is -0.229. The van der Waals surface area contributed by atoms with Gasteiger partial charge in [-0.25, -0.2) is 4.98 Å². The van der Waals surface area contributed by atoms with Crippen LogP contribution in [-0.4, -0.2) is 47.7 Å². The molecule has 2 N–H and O–H groups in total. The van der Waals surface area contributed by atoms with Crippen molar-refractivity contribution in [1.29, 1.82) is 0 Å². The van der Waals surface area contributed by atoms with Crippen LogP contribution in [0.25, 0.3) is 21.9 Å². The molecular weight excluding hydrogens is 390 g/mol. The molecule has 2 aliphatic heterocycles. The lowest BCUT2D eigenvalue weighted by Gasteiger charge is -2.33. The number of amides is 1. The highest BCUT2D eigenvalue weighted by Crippen LogP contribution is 2.28. The van der Waals surface area contributed by atoms with Crippen molar-refractivity contribution in [3.8, 4) is 16.9 Å². The number of likely N-dealkylation sites (tertiary alicyclic amines) is 1. The lowest BCUT2D eigenvalue weighted by Crippen LogP contribution is -2.45. The number of pyridine rings is 1. The zero-order valence-electron chi connectivity index (χ0n) is 17.5. The number of nitrogens with two attached hydrogens (primary N) is 1. The summed E-state index contributed by atoms with van der Waals surface area (Å²) in [6.45, 7) is 2.17. The van der Waals surface area contributed by atoms with Crippen molar-refractivity contribution in [2.24, 2.45) is 0 Å². The molecule has 1 unspecified atom stereocenters. The van der Waals surface area contributed by atoms with E-state index >= 15 is 0 Å². The van der Waals surface area contributed by atoms with Gasteiger partial charge in [0.25, 0.3) is 5.91 Å². The molecule has 2 saturated heterocycles. The largest absolute Gasteiger partial charge is 0.490 e. The summed E-state index contributed by atoms with van der Waals surface area (Å²) >= 11 is 0. The summed E-state index contributed by atoms with van der Waals surface area (Å²) in [4.78, 5) is 18.6. The van der Waals surface area contributed by atoms with Gasteiger partial charge in [-0.15, -0.1) is 0 Å². The Labute approximate surface area is 182 Å². The Morgan fingerprint density at radius 1 is 1.00 bits per heavy atom. The molecule has 1 atom stereocenters. The van der Waals surface area contributed by atoms with Crippen LogP contribution in [0, 0.1) is 0 Å². The van der Waals surface area contributed by atoms with Crippen LogP contribution in [0.4, 0.5) is 5.82 Å². The normalized spacial score (nSPS) is 19.6. The van der Waals surface area contributed by atoms with E-state index in [1.807, 2.05) is 23.1 Å². The molecule has 160 valence electrons. The Morgan fingerprint density at radius 2 is 1.77 bits per heavy atom. The summed E-state index contributed by atoms with van der Waals surface area (Å²) < 4.78 is 11.7. The number of benzene rings is 2. The molecule has 3 aromatic rings. The minimum absolute atomic E-state index is 0.135. The van der Waals surface area contributed by atoms with Crippen molar-refractivity contribution < 1.29 is 14.3 Å². The van der Waals surface area contributed by atoms with E-state index in [1.165, 1.54) is 0 Å². The zero-order chi connectivity index (χ0) is 21.2. The van der Waals surface area contributed by atoms with Crippen LogP contribution in [0.15, 0.2) is 54.7 Å². The number of carbonyl (C=O) groups excluding carboxylic acids is 1. The number of hydrogen-bond acceptors (Lipinski definition) is 5. The van der Waals surface area contributed by atoms with Crippen molar-refractivity contribution in [2.75, 3.05) is 25.4 Å². The van der Waals surface area contributed by atoms with Gasteiger partial charge >= 0.3 is 0 Å². The van der Waals surface area contributed by atoms with E-state index < -0.39 is 0 Å². The number of nitrogen functional groups attached to an aromatic ring is 1. The molecule has 0 aliphatic carbocycles.